The van der Waals surface area contributed by atoms with Gasteiger partial charge in [0.2, 0.25) is 0 Å². The molecule has 3 rings (SSSR count). The van der Waals surface area contributed by atoms with Crippen molar-refractivity contribution < 1.29 is 8.78 Å². The average Bonchev–Trinajstić information content (AvgIpc) is 3.25. The van der Waals surface area contributed by atoms with E-state index < -0.39 is 0 Å². The highest BCUT2D eigenvalue weighted by atomic mass is 19.1. The van der Waals surface area contributed by atoms with Crippen LogP contribution in [0.5, 0.6) is 0 Å². The van der Waals surface area contributed by atoms with E-state index in [-0.39, 0.29) is 18.0 Å². The number of aromatic nitrogens is 2. The molecule has 0 N–H and O–H groups in total. The Morgan fingerprint density at radius 1 is 0.853 bits per heavy atom. The summed E-state index contributed by atoms with van der Waals surface area (Å²) in [4.78, 5) is 4.13. The molecule has 34 heavy (non-hydrogen) atoms. The zero-order chi connectivity index (χ0) is 24.6. The van der Waals surface area contributed by atoms with Gasteiger partial charge in [-0.15, -0.1) is 0 Å². The number of benzene rings is 2. The fourth-order valence-electron chi connectivity index (χ4n) is 3.88. The zero-order valence-electron chi connectivity index (χ0n) is 20.6. The first kappa shape index (κ1) is 27.6. The van der Waals surface area contributed by atoms with Crippen LogP contribution in [0.2, 0.25) is 6.32 Å². The minimum absolute atomic E-state index is 0.220. The highest BCUT2D eigenvalue weighted by Gasteiger charge is 2.12. The van der Waals surface area contributed by atoms with Crippen molar-refractivity contribution in [2.75, 3.05) is 0 Å². The second-order valence-corrected chi connectivity index (χ2v) is 8.52. The summed E-state index contributed by atoms with van der Waals surface area (Å²) >= 11 is 0. The van der Waals surface area contributed by atoms with Crippen molar-refractivity contribution in [3.8, 4) is 0 Å². The summed E-state index contributed by atoms with van der Waals surface area (Å²) in [6.07, 6.45) is 16.8. The highest BCUT2D eigenvalue weighted by Crippen LogP contribution is 2.27. The van der Waals surface area contributed by atoms with Crippen LogP contribution in [0.3, 0.4) is 0 Å². The molecular weight excluding hydrogens is 425 g/mol. The number of hydrogen-bond acceptors (Lipinski definition) is 1. The lowest BCUT2D eigenvalue weighted by atomic mass is 9.92. The Labute approximate surface area is 205 Å². The van der Waals surface area contributed by atoms with E-state index in [0.717, 1.165) is 6.54 Å². The molecule has 3 aromatic rings. The Morgan fingerprint density at radius 2 is 1.38 bits per heavy atom. The van der Waals surface area contributed by atoms with Gasteiger partial charge >= 0.3 is 0 Å². The largest absolute Gasteiger partial charge is 0.335 e. The van der Waals surface area contributed by atoms with Gasteiger partial charge in [0.1, 0.15) is 11.6 Å². The third-order valence-corrected chi connectivity index (χ3v) is 5.82. The van der Waals surface area contributed by atoms with Crippen molar-refractivity contribution in [3.63, 3.8) is 0 Å². The first-order valence-electron chi connectivity index (χ1n) is 12.4. The van der Waals surface area contributed by atoms with Crippen LogP contribution in [-0.2, 0) is 6.54 Å². The molecule has 0 aliphatic carbocycles. The van der Waals surface area contributed by atoms with Crippen molar-refractivity contribution >= 4 is 13.4 Å². The number of hydrogen-bond donors (Lipinski definition) is 0. The molecule has 0 aliphatic heterocycles. The molecule has 0 aliphatic rings. The van der Waals surface area contributed by atoms with Gasteiger partial charge in [0, 0.05) is 29.6 Å². The van der Waals surface area contributed by atoms with Crippen molar-refractivity contribution in [2.24, 2.45) is 0 Å². The van der Waals surface area contributed by atoms with Crippen LogP contribution < -0.4 is 0 Å². The number of aryl methyl sites for hydroxylation is 2. The van der Waals surface area contributed by atoms with Gasteiger partial charge in [-0.1, -0.05) is 101 Å². The van der Waals surface area contributed by atoms with E-state index in [1.54, 1.807) is 42.5 Å². The fraction of sp³-hybridized carbons (Fsp3) is 0.414. The maximum Gasteiger partial charge on any atom is 0.131 e. The summed E-state index contributed by atoms with van der Waals surface area (Å²) in [5.74, 6) is -0.777. The number of allylic oxidation sites excluding steroid dienone is 1. The van der Waals surface area contributed by atoms with Gasteiger partial charge in [-0.05, 0) is 31.1 Å². The van der Waals surface area contributed by atoms with Crippen LogP contribution in [0.15, 0.2) is 67.1 Å². The van der Waals surface area contributed by atoms with Crippen LogP contribution in [0.1, 0.15) is 75.1 Å². The minimum atomic E-state index is -0.388. The van der Waals surface area contributed by atoms with Gasteiger partial charge < -0.3 is 4.57 Å². The number of imidazole rings is 1. The second kappa shape index (κ2) is 16.0. The quantitative estimate of drug-likeness (QED) is 0.195. The summed E-state index contributed by atoms with van der Waals surface area (Å²) in [7, 11) is 5.48. The molecule has 1 aromatic heterocycles. The zero-order valence-corrected chi connectivity index (χ0v) is 20.6. The van der Waals surface area contributed by atoms with Crippen molar-refractivity contribution in [1.29, 1.82) is 0 Å². The van der Waals surface area contributed by atoms with E-state index in [4.69, 9.17) is 7.85 Å². The molecular formula is C29H37BF2N2. The fourth-order valence-corrected chi connectivity index (χ4v) is 3.88. The topological polar surface area (TPSA) is 17.8 Å². The summed E-state index contributed by atoms with van der Waals surface area (Å²) in [5.41, 5.74) is 2.47. The minimum Gasteiger partial charge on any atom is -0.335 e. The Balaban J connectivity index is 0.000000242. The van der Waals surface area contributed by atoms with E-state index in [0.29, 0.717) is 16.7 Å². The summed E-state index contributed by atoms with van der Waals surface area (Å²) in [6, 6.07) is 12.5. The first-order chi connectivity index (χ1) is 16.6. The van der Waals surface area contributed by atoms with Gasteiger partial charge in [-0.3, -0.25) is 0 Å². The monoisotopic (exact) mass is 462 g/mol. The molecule has 2 aromatic carbocycles. The summed E-state index contributed by atoms with van der Waals surface area (Å²) in [5, 5.41) is 0. The Hall–Kier alpha value is -2.69. The molecule has 0 atom stereocenters. The molecule has 2 nitrogen and oxygen atoms in total. The van der Waals surface area contributed by atoms with E-state index in [1.807, 2.05) is 12.5 Å². The molecule has 0 fully saturated rings. The molecule has 180 valence electrons. The lowest BCUT2D eigenvalue weighted by molar-refractivity contribution is 0.540. The van der Waals surface area contributed by atoms with E-state index in [2.05, 4.69) is 23.4 Å². The lowest BCUT2D eigenvalue weighted by Gasteiger charge is -2.10. The molecule has 0 saturated heterocycles. The third-order valence-electron chi connectivity index (χ3n) is 5.82. The number of nitrogens with zero attached hydrogens (tertiary/aromatic N) is 2. The average molecular weight is 462 g/mol. The van der Waals surface area contributed by atoms with Crippen LogP contribution in [0, 0.1) is 18.6 Å². The number of unbranched alkanes of at least 4 members (excludes halogenated alkanes) is 7. The van der Waals surface area contributed by atoms with Crippen LogP contribution in [0.4, 0.5) is 8.78 Å². The van der Waals surface area contributed by atoms with Gasteiger partial charge in [0.15, 0.2) is 0 Å². The SMILES string of the molecule is CCCCCCCCCCn1cncc1C.[B]CC=C(c1ccccc1F)c1ccccc1F. The third kappa shape index (κ3) is 9.28. The van der Waals surface area contributed by atoms with Crippen LogP contribution in [0.25, 0.3) is 5.57 Å². The maximum absolute atomic E-state index is 13.8. The molecule has 0 unspecified atom stereocenters. The van der Waals surface area contributed by atoms with E-state index >= 15 is 0 Å². The Bertz CT molecular complexity index is 950. The van der Waals surface area contributed by atoms with Gasteiger partial charge in [-0.2, -0.15) is 0 Å². The summed E-state index contributed by atoms with van der Waals surface area (Å²) in [6.45, 7) is 5.53. The normalized spacial score (nSPS) is 10.5. The van der Waals surface area contributed by atoms with Crippen LogP contribution >= 0.6 is 0 Å². The Morgan fingerprint density at radius 3 is 1.85 bits per heavy atom. The lowest BCUT2D eigenvalue weighted by Crippen LogP contribution is -1.98. The Kier molecular flexibility index (Phi) is 13.0. The van der Waals surface area contributed by atoms with Gasteiger partial charge in [0.25, 0.3) is 0 Å². The first-order valence-corrected chi connectivity index (χ1v) is 12.4. The van der Waals surface area contributed by atoms with E-state index in [1.165, 1.54) is 69.2 Å². The maximum atomic E-state index is 13.8. The molecule has 0 amide bonds. The molecule has 5 heteroatoms. The van der Waals surface area contributed by atoms with Gasteiger partial charge in [0.05, 0.1) is 14.2 Å². The second-order valence-electron chi connectivity index (χ2n) is 8.52. The molecule has 0 spiro atoms. The van der Waals surface area contributed by atoms with Crippen molar-refractivity contribution in [3.05, 3.63) is 95.6 Å². The standard InChI is InChI=1S/C15H11BF2.C14H26N2/c16-10-9-11(12-5-1-3-7-14(12)17)13-6-2-4-8-15(13)18;1-3-4-5-6-7-8-9-10-11-16-13-15-12-14(16)2/h1-9H,10H2;12-13H,3-11H2,1-2H3. The van der Waals surface area contributed by atoms with E-state index in [9.17, 15) is 8.78 Å². The van der Waals surface area contributed by atoms with Gasteiger partial charge in [-0.25, -0.2) is 13.8 Å². The molecule has 0 saturated carbocycles. The smallest absolute Gasteiger partial charge is 0.131 e. The predicted molar refractivity (Wildman–Crippen MR) is 140 cm³/mol. The predicted octanol–water partition coefficient (Wildman–Crippen LogP) is 8.32. The highest BCUT2D eigenvalue weighted by molar-refractivity contribution is 6.10. The molecule has 0 bridgehead atoms. The molecule has 2 radical (unpaired) electrons. The summed E-state index contributed by atoms with van der Waals surface area (Å²) < 4.78 is 29.8. The molecule has 1 heterocycles. The van der Waals surface area contributed by atoms with Crippen molar-refractivity contribution in [2.45, 2.75) is 78.1 Å². The van der Waals surface area contributed by atoms with Crippen molar-refractivity contribution in [1.82, 2.24) is 9.55 Å². The number of rotatable bonds is 12. The van der Waals surface area contributed by atoms with Crippen LogP contribution in [-0.4, -0.2) is 17.4 Å². The number of halogens is 2.